The van der Waals surface area contributed by atoms with Gasteiger partial charge in [-0.3, -0.25) is 9.78 Å². The van der Waals surface area contributed by atoms with E-state index in [4.69, 9.17) is 14.2 Å². The topological polar surface area (TPSA) is 57.7 Å². The van der Waals surface area contributed by atoms with E-state index in [1.807, 2.05) is 30.3 Å². The Balaban J connectivity index is 2.07. The number of nitrogens with zero attached hydrogens (tertiary/aromatic N) is 1. The van der Waals surface area contributed by atoms with Crippen molar-refractivity contribution in [1.82, 2.24) is 4.98 Å². The third-order valence-electron chi connectivity index (χ3n) is 4.35. The van der Waals surface area contributed by atoms with Crippen LogP contribution in [0.15, 0.2) is 36.5 Å². The average molecular weight is 305 g/mol. The highest BCUT2D eigenvalue weighted by Crippen LogP contribution is 2.55. The number of pyridine rings is 1. The molecule has 3 aromatic rings. The molecule has 0 fully saturated rings. The van der Waals surface area contributed by atoms with Gasteiger partial charge in [-0.25, -0.2) is 0 Å². The van der Waals surface area contributed by atoms with Gasteiger partial charge in [0.15, 0.2) is 11.5 Å². The minimum absolute atomic E-state index is 0.0837. The van der Waals surface area contributed by atoms with E-state index in [1.54, 1.807) is 13.3 Å². The lowest BCUT2D eigenvalue weighted by atomic mass is 9.84. The summed E-state index contributed by atoms with van der Waals surface area (Å²) in [6, 6.07) is 9.33. The Labute approximate surface area is 131 Å². The van der Waals surface area contributed by atoms with Crippen molar-refractivity contribution in [2.45, 2.75) is 0 Å². The number of carbonyl (C=O) groups is 1. The summed E-state index contributed by atoms with van der Waals surface area (Å²) >= 11 is 0. The number of ketones is 1. The Kier molecular flexibility index (Phi) is 2.29. The smallest absolute Gasteiger partial charge is 0.231 e. The van der Waals surface area contributed by atoms with E-state index < -0.39 is 0 Å². The van der Waals surface area contributed by atoms with Gasteiger partial charge >= 0.3 is 0 Å². The van der Waals surface area contributed by atoms with Crippen molar-refractivity contribution in [1.29, 1.82) is 0 Å². The minimum Gasteiger partial charge on any atom is -0.492 e. The second-order valence-corrected chi connectivity index (χ2v) is 5.43. The average Bonchev–Trinajstić information content (AvgIpc) is 3.07. The number of hydrogen-bond acceptors (Lipinski definition) is 5. The van der Waals surface area contributed by atoms with Gasteiger partial charge in [-0.2, -0.15) is 0 Å². The SMILES string of the molecule is COc1c2c(c3c4c(nccc14)C(=O)c1ccccc1-3)OCO2. The third kappa shape index (κ3) is 1.41. The second kappa shape index (κ2) is 4.23. The molecule has 0 spiro atoms. The fraction of sp³-hybridized carbons (Fsp3) is 0.111. The largest absolute Gasteiger partial charge is 0.492 e. The van der Waals surface area contributed by atoms with Gasteiger partial charge in [0.2, 0.25) is 18.3 Å². The van der Waals surface area contributed by atoms with Crippen molar-refractivity contribution >= 4 is 16.6 Å². The van der Waals surface area contributed by atoms with Crippen LogP contribution in [-0.2, 0) is 0 Å². The van der Waals surface area contributed by atoms with Gasteiger partial charge < -0.3 is 14.2 Å². The van der Waals surface area contributed by atoms with Crippen LogP contribution in [0, 0.1) is 0 Å². The van der Waals surface area contributed by atoms with Gasteiger partial charge in [0.05, 0.1) is 7.11 Å². The quantitative estimate of drug-likeness (QED) is 0.540. The van der Waals surface area contributed by atoms with Crippen molar-refractivity contribution in [2.24, 2.45) is 0 Å². The molecular formula is C18H11NO4. The van der Waals surface area contributed by atoms with Gasteiger partial charge in [-0.1, -0.05) is 24.3 Å². The molecule has 0 saturated heterocycles. The van der Waals surface area contributed by atoms with Crippen molar-refractivity contribution < 1.29 is 19.0 Å². The first-order valence-corrected chi connectivity index (χ1v) is 7.23. The summed E-state index contributed by atoms with van der Waals surface area (Å²) in [5.74, 6) is 1.69. The molecule has 0 radical (unpaired) electrons. The highest BCUT2D eigenvalue weighted by Gasteiger charge is 2.35. The Morgan fingerprint density at radius 2 is 1.87 bits per heavy atom. The lowest BCUT2D eigenvalue weighted by Crippen LogP contribution is -2.12. The molecule has 1 aromatic heterocycles. The zero-order valence-corrected chi connectivity index (χ0v) is 12.3. The van der Waals surface area contributed by atoms with Crippen LogP contribution in [0.2, 0.25) is 0 Å². The number of carbonyl (C=O) groups excluding carboxylic acids is 1. The molecule has 0 bridgehead atoms. The van der Waals surface area contributed by atoms with E-state index >= 15 is 0 Å². The standard InChI is InChI=1S/C18H11NO4/c1-21-16-11-6-7-19-14-12(11)13(17-18(16)23-8-22-17)9-4-2-3-5-10(9)15(14)20/h2-7H,8H2,1H3. The highest BCUT2D eigenvalue weighted by molar-refractivity contribution is 6.26. The van der Waals surface area contributed by atoms with E-state index in [0.29, 0.717) is 28.5 Å². The summed E-state index contributed by atoms with van der Waals surface area (Å²) in [5.41, 5.74) is 2.75. The first-order valence-electron chi connectivity index (χ1n) is 7.23. The van der Waals surface area contributed by atoms with Crippen LogP contribution in [0.4, 0.5) is 0 Å². The lowest BCUT2D eigenvalue weighted by Gasteiger charge is -2.21. The number of rotatable bonds is 1. The number of aromatic nitrogens is 1. The molecule has 2 aromatic carbocycles. The Hall–Kier alpha value is -3.08. The van der Waals surface area contributed by atoms with Crippen LogP contribution in [0.1, 0.15) is 16.1 Å². The van der Waals surface area contributed by atoms with Crippen LogP contribution < -0.4 is 14.2 Å². The molecule has 0 N–H and O–H groups in total. The van der Waals surface area contributed by atoms with E-state index in [9.17, 15) is 4.79 Å². The summed E-state index contributed by atoms with van der Waals surface area (Å²) in [6.45, 7) is 0.133. The molecule has 0 saturated carbocycles. The molecule has 2 aliphatic rings. The van der Waals surface area contributed by atoms with Crippen LogP contribution in [0.5, 0.6) is 17.2 Å². The first-order chi connectivity index (χ1) is 11.3. The van der Waals surface area contributed by atoms with E-state index in [2.05, 4.69) is 4.98 Å². The van der Waals surface area contributed by atoms with Crippen molar-refractivity contribution in [3.63, 3.8) is 0 Å². The van der Waals surface area contributed by atoms with Gasteiger partial charge in [0, 0.05) is 28.1 Å². The predicted molar refractivity (Wildman–Crippen MR) is 83.3 cm³/mol. The highest BCUT2D eigenvalue weighted by atomic mass is 16.7. The molecule has 2 heterocycles. The molecule has 112 valence electrons. The van der Waals surface area contributed by atoms with E-state index in [0.717, 1.165) is 21.9 Å². The molecule has 0 unspecified atom stereocenters. The van der Waals surface area contributed by atoms with E-state index in [1.165, 1.54) is 0 Å². The minimum atomic E-state index is -0.0837. The second-order valence-electron chi connectivity index (χ2n) is 5.43. The normalized spacial score (nSPS) is 14.0. The number of methoxy groups -OCH3 is 1. The van der Waals surface area contributed by atoms with Crippen LogP contribution in [0.25, 0.3) is 21.9 Å². The maximum absolute atomic E-state index is 12.8. The fourth-order valence-corrected chi connectivity index (χ4v) is 3.43. The number of hydrogen-bond donors (Lipinski definition) is 0. The monoisotopic (exact) mass is 305 g/mol. The lowest BCUT2D eigenvalue weighted by molar-refractivity contribution is 0.103. The molecule has 5 rings (SSSR count). The summed E-state index contributed by atoms with van der Waals surface area (Å²) in [5, 5.41) is 1.57. The van der Waals surface area contributed by atoms with Crippen molar-refractivity contribution in [2.75, 3.05) is 13.9 Å². The van der Waals surface area contributed by atoms with Crippen molar-refractivity contribution in [3.05, 3.63) is 47.8 Å². The van der Waals surface area contributed by atoms with Gasteiger partial charge in [-0.15, -0.1) is 0 Å². The summed E-state index contributed by atoms with van der Waals surface area (Å²) in [6.07, 6.45) is 1.62. The molecule has 5 nitrogen and oxygen atoms in total. The first kappa shape index (κ1) is 12.5. The molecule has 1 aliphatic heterocycles. The number of benzene rings is 2. The van der Waals surface area contributed by atoms with Crippen LogP contribution in [-0.4, -0.2) is 24.7 Å². The summed E-state index contributed by atoms with van der Waals surface area (Å²) < 4.78 is 16.9. The molecule has 5 heteroatoms. The third-order valence-corrected chi connectivity index (χ3v) is 4.35. The molecular weight excluding hydrogens is 294 g/mol. The molecule has 1 aliphatic carbocycles. The summed E-state index contributed by atoms with van der Waals surface area (Å²) in [7, 11) is 1.58. The van der Waals surface area contributed by atoms with Gasteiger partial charge in [0.25, 0.3) is 0 Å². The molecule has 23 heavy (non-hydrogen) atoms. The van der Waals surface area contributed by atoms with Gasteiger partial charge in [0.1, 0.15) is 5.69 Å². The molecule has 0 atom stereocenters. The maximum atomic E-state index is 12.8. The van der Waals surface area contributed by atoms with E-state index in [-0.39, 0.29) is 12.6 Å². The number of ether oxygens (including phenoxy) is 3. The van der Waals surface area contributed by atoms with Crippen molar-refractivity contribution in [3.8, 4) is 28.4 Å². The molecule has 0 amide bonds. The summed E-state index contributed by atoms with van der Waals surface area (Å²) in [4.78, 5) is 17.1. The zero-order valence-electron chi connectivity index (χ0n) is 12.3. The van der Waals surface area contributed by atoms with Crippen LogP contribution >= 0.6 is 0 Å². The Morgan fingerprint density at radius 3 is 2.70 bits per heavy atom. The predicted octanol–water partition coefficient (Wildman–Crippen LogP) is 3.18. The van der Waals surface area contributed by atoms with Crippen LogP contribution in [0.3, 0.4) is 0 Å². The zero-order chi connectivity index (χ0) is 15.6. The maximum Gasteiger partial charge on any atom is 0.231 e. The Morgan fingerprint density at radius 1 is 1.09 bits per heavy atom. The van der Waals surface area contributed by atoms with Gasteiger partial charge in [-0.05, 0) is 11.6 Å². The fourth-order valence-electron chi connectivity index (χ4n) is 3.43. The number of fused-ring (bicyclic) bond motifs is 4. The Bertz CT molecular complexity index is 1010.